The van der Waals surface area contributed by atoms with E-state index in [0.29, 0.717) is 13.2 Å². The largest absolute Gasteiger partial charge is 0.371 e. The second-order valence-electron chi connectivity index (χ2n) is 6.17. The molecule has 0 saturated carbocycles. The van der Waals surface area contributed by atoms with Gasteiger partial charge in [-0.05, 0) is 37.5 Å². The van der Waals surface area contributed by atoms with E-state index >= 15 is 0 Å². The highest BCUT2D eigenvalue weighted by atomic mass is 16.5. The molecular formula is C17H25N3O2. The number of benzene rings is 1. The fourth-order valence-electron chi connectivity index (χ4n) is 3.13. The SMILES string of the molecule is Cc1cccc(N2CCC(NC(=O)[C@@H]3CNCCO3)CC2)c1. The Balaban J connectivity index is 1.48. The van der Waals surface area contributed by atoms with Gasteiger partial charge < -0.3 is 20.3 Å². The van der Waals surface area contributed by atoms with Crippen LogP contribution in [-0.4, -0.2) is 50.8 Å². The fraction of sp³-hybridized carbons (Fsp3) is 0.588. The Hall–Kier alpha value is -1.59. The Morgan fingerprint density at radius 2 is 2.18 bits per heavy atom. The zero-order valence-electron chi connectivity index (χ0n) is 13.2. The van der Waals surface area contributed by atoms with Crippen LogP contribution in [0.3, 0.4) is 0 Å². The van der Waals surface area contributed by atoms with Crippen molar-refractivity contribution < 1.29 is 9.53 Å². The van der Waals surface area contributed by atoms with Gasteiger partial charge in [0.15, 0.2) is 0 Å². The van der Waals surface area contributed by atoms with Crippen molar-refractivity contribution in [3.05, 3.63) is 29.8 Å². The number of nitrogens with zero attached hydrogens (tertiary/aromatic N) is 1. The number of piperidine rings is 1. The number of nitrogens with one attached hydrogen (secondary N) is 2. The van der Waals surface area contributed by atoms with Gasteiger partial charge in [-0.25, -0.2) is 0 Å². The van der Waals surface area contributed by atoms with Crippen LogP contribution in [0.2, 0.25) is 0 Å². The van der Waals surface area contributed by atoms with Gasteiger partial charge in [-0.3, -0.25) is 4.79 Å². The van der Waals surface area contributed by atoms with Gasteiger partial charge >= 0.3 is 0 Å². The molecule has 22 heavy (non-hydrogen) atoms. The molecule has 0 aromatic heterocycles. The van der Waals surface area contributed by atoms with E-state index in [4.69, 9.17) is 4.74 Å². The number of rotatable bonds is 3. The molecule has 0 unspecified atom stereocenters. The lowest BCUT2D eigenvalue weighted by atomic mass is 10.0. The van der Waals surface area contributed by atoms with Crippen molar-refractivity contribution >= 4 is 11.6 Å². The van der Waals surface area contributed by atoms with Gasteiger partial charge in [-0.15, -0.1) is 0 Å². The lowest BCUT2D eigenvalue weighted by Crippen LogP contribution is -2.52. The lowest BCUT2D eigenvalue weighted by Gasteiger charge is -2.35. The number of amides is 1. The van der Waals surface area contributed by atoms with Crippen LogP contribution in [-0.2, 0) is 9.53 Å². The van der Waals surface area contributed by atoms with E-state index in [9.17, 15) is 4.79 Å². The number of carbonyl (C=O) groups excluding carboxylic acids is 1. The first-order valence-electron chi connectivity index (χ1n) is 8.17. The van der Waals surface area contributed by atoms with Crippen LogP contribution < -0.4 is 15.5 Å². The monoisotopic (exact) mass is 303 g/mol. The highest BCUT2D eigenvalue weighted by Gasteiger charge is 2.26. The van der Waals surface area contributed by atoms with Crippen molar-refractivity contribution in [2.24, 2.45) is 0 Å². The number of carbonyl (C=O) groups is 1. The van der Waals surface area contributed by atoms with Gasteiger partial charge in [0.05, 0.1) is 6.61 Å². The number of hydrogen-bond donors (Lipinski definition) is 2. The fourth-order valence-corrected chi connectivity index (χ4v) is 3.13. The molecule has 2 N–H and O–H groups in total. The number of ether oxygens (including phenoxy) is 1. The lowest BCUT2D eigenvalue weighted by molar-refractivity contribution is -0.135. The van der Waals surface area contributed by atoms with Crippen LogP contribution in [0, 0.1) is 6.92 Å². The Morgan fingerprint density at radius 3 is 2.86 bits per heavy atom. The third-order valence-electron chi connectivity index (χ3n) is 4.43. The van der Waals surface area contributed by atoms with Crippen LogP contribution in [0.5, 0.6) is 0 Å². The Morgan fingerprint density at radius 1 is 1.36 bits per heavy atom. The molecule has 0 bridgehead atoms. The van der Waals surface area contributed by atoms with Crippen LogP contribution in [0.25, 0.3) is 0 Å². The van der Waals surface area contributed by atoms with E-state index in [0.717, 1.165) is 32.5 Å². The third kappa shape index (κ3) is 3.78. The Labute approximate surface area is 132 Å². The zero-order valence-corrected chi connectivity index (χ0v) is 13.2. The van der Waals surface area contributed by atoms with Gasteiger partial charge in [0.1, 0.15) is 6.10 Å². The molecule has 2 heterocycles. The second kappa shape index (κ2) is 7.11. The molecule has 1 aromatic rings. The molecule has 2 fully saturated rings. The van der Waals surface area contributed by atoms with Gasteiger partial charge in [0.2, 0.25) is 0 Å². The normalized spacial score (nSPS) is 23.3. The summed E-state index contributed by atoms with van der Waals surface area (Å²) in [6.45, 7) is 6.15. The molecule has 0 radical (unpaired) electrons. The minimum absolute atomic E-state index is 0.0289. The van der Waals surface area contributed by atoms with Crippen molar-refractivity contribution in [1.82, 2.24) is 10.6 Å². The molecule has 2 aliphatic rings. The molecule has 1 atom stereocenters. The number of morpholine rings is 1. The summed E-state index contributed by atoms with van der Waals surface area (Å²) in [5.41, 5.74) is 2.57. The van der Waals surface area contributed by atoms with E-state index in [-0.39, 0.29) is 18.1 Å². The van der Waals surface area contributed by atoms with E-state index < -0.39 is 0 Å². The van der Waals surface area contributed by atoms with Crippen LogP contribution in [0.4, 0.5) is 5.69 Å². The highest BCUT2D eigenvalue weighted by Crippen LogP contribution is 2.21. The summed E-state index contributed by atoms with van der Waals surface area (Å²) in [4.78, 5) is 14.6. The molecule has 120 valence electrons. The van der Waals surface area contributed by atoms with Crippen LogP contribution in [0.15, 0.2) is 24.3 Å². The van der Waals surface area contributed by atoms with Gasteiger partial charge in [-0.1, -0.05) is 12.1 Å². The van der Waals surface area contributed by atoms with Crippen molar-refractivity contribution in [2.75, 3.05) is 37.7 Å². The Bertz CT molecular complexity index is 506. The molecule has 1 amide bonds. The Kier molecular flexibility index (Phi) is 4.95. The second-order valence-corrected chi connectivity index (χ2v) is 6.17. The third-order valence-corrected chi connectivity index (χ3v) is 4.43. The minimum atomic E-state index is -0.330. The summed E-state index contributed by atoms with van der Waals surface area (Å²) in [5.74, 6) is 0.0289. The van der Waals surface area contributed by atoms with Crippen LogP contribution in [0.1, 0.15) is 18.4 Å². The van der Waals surface area contributed by atoms with E-state index in [1.54, 1.807) is 0 Å². The standard InChI is InChI=1S/C17H25N3O2/c1-13-3-2-4-15(11-13)20-8-5-14(6-9-20)19-17(21)16-12-18-7-10-22-16/h2-4,11,14,16,18H,5-10,12H2,1H3,(H,19,21)/t16-/m0/s1. The molecule has 2 aliphatic heterocycles. The average Bonchev–Trinajstić information content (AvgIpc) is 2.56. The molecule has 1 aromatic carbocycles. The maximum absolute atomic E-state index is 12.2. The summed E-state index contributed by atoms with van der Waals surface area (Å²) in [5, 5.41) is 6.33. The molecule has 2 saturated heterocycles. The molecule has 0 aliphatic carbocycles. The summed E-state index contributed by atoms with van der Waals surface area (Å²) < 4.78 is 5.50. The first-order chi connectivity index (χ1) is 10.7. The maximum Gasteiger partial charge on any atom is 0.250 e. The smallest absolute Gasteiger partial charge is 0.250 e. The summed E-state index contributed by atoms with van der Waals surface area (Å²) in [6, 6.07) is 8.87. The van der Waals surface area contributed by atoms with E-state index in [1.165, 1.54) is 11.3 Å². The van der Waals surface area contributed by atoms with Crippen molar-refractivity contribution in [2.45, 2.75) is 31.9 Å². The van der Waals surface area contributed by atoms with E-state index in [2.05, 4.69) is 46.7 Å². The predicted octanol–water partition coefficient (Wildman–Crippen LogP) is 1.07. The van der Waals surface area contributed by atoms with E-state index in [1.807, 2.05) is 0 Å². The maximum atomic E-state index is 12.2. The zero-order chi connectivity index (χ0) is 15.4. The van der Waals surface area contributed by atoms with Gasteiger partial charge in [0, 0.05) is 37.9 Å². The first kappa shape index (κ1) is 15.3. The predicted molar refractivity (Wildman–Crippen MR) is 87.2 cm³/mol. The quantitative estimate of drug-likeness (QED) is 0.877. The van der Waals surface area contributed by atoms with Crippen molar-refractivity contribution in [1.29, 1.82) is 0 Å². The highest BCUT2D eigenvalue weighted by molar-refractivity contribution is 5.81. The summed E-state index contributed by atoms with van der Waals surface area (Å²) >= 11 is 0. The number of hydrogen-bond acceptors (Lipinski definition) is 4. The summed E-state index contributed by atoms with van der Waals surface area (Å²) in [7, 11) is 0. The molecule has 5 heteroatoms. The number of anilines is 1. The molecular weight excluding hydrogens is 278 g/mol. The van der Waals surface area contributed by atoms with Crippen molar-refractivity contribution in [3.63, 3.8) is 0 Å². The topological polar surface area (TPSA) is 53.6 Å². The molecule has 5 nitrogen and oxygen atoms in total. The number of aryl methyl sites for hydroxylation is 1. The summed E-state index contributed by atoms with van der Waals surface area (Å²) in [6.07, 6.45) is 1.64. The average molecular weight is 303 g/mol. The van der Waals surface area contributed by atoms with Gasteiger partial charge in [0.25, 0.3) is 5.91 Å². The minimum Gasteiger partial charge on any atom is -0.371 e. The molecule has 3 rings (SSSR count). The van der Waals surface area contributed by atoms with Crippen LogP contribution >= 0.6 is 0 Å². The van der Waals surface area contributed by atoms with Crippen molar-refractivity contribution in [3.8, 4) is 0 Å². The molecule has 0 spiro atoms. The van der Waals surface area contributed by atoms with Gasteiger partial charge in [-0.2, -0.15) is 0 Å². The first-order valence-corrected chi connectivity index (χ1v) is 8.17.